The lowest BCUT2D eigenvalue weighted by Gasteiger charge is -2.08. The first-order valence-electron chi connectivity index (χ1n) is 6.01. The standard InChI is InChI=1S/C12H23N3O/c1-4-12(16)6-5-7-13-8-11-9-14-15(3)10(11)2/h9,12-13,16H,4-8H2,1-3H3. The lowest BCUT2D eigenvalue weighted by molar-refractivity contribution is 0.157. The summed E-state index contributed by atoms with van der Waals surface area (Å²) in [4.78, 5) is 0. The molecule has 0 fully saturated rings. The molecule has 1 aromatic heterocycles. The van der Waals surface area contributed by atoms with Crippen LogP contribution in [0, 0.1) is 6.92 Å². The van der Waals surface area contributed by atoms with Crippen LogP contribution in [0.5, 0.6) is 0 Å². The van der Waals surface area contributed by atoms with Crippen molar-refractivity contribution in [2.24, 2.45) is 7.05 Å². The van der Waals surface area contributed by atoms with Gasteiger partial charge in [0.25, 0.3) is 0 Å². The minimum atomic E-state index is -0.137. The summed E-state index contributed by atoms with van der Waals surface area (Å²) in [7, 11) is 1.95. The van der Waals surface area contributed by atoms with Gasteiger partial charge in [-0.25, -0.2) is 0 Å². The van der Waals surface area contributed by atoms with Gasteiger partial charge in [-0.05, 0) is 32.7 Å². The highest BCUT2D eigenvalue weighted by molar-refractivity contribution is 5.15. The third kappa shape index (κ3) is 3.94. The molecule has 0 aliphatic rings. The predicted molar refractivity (Wildman–Crippen MR) is 65.2 cm³/mol. The first kappa shape index (κ1) is 13.2. The Morgan fingerprint density at radius 3 is 2.88 bits per heavy atom. The van der Waals surface area contributed by atoms with Gasteiger partial charge in [0, 0.05) is 24.8 Å². The highest BCUT2D eigenvalue weighted by Gasteiger charge is 2.03. The Bertz CT molecular complexity index is 309. The molecule has 0 spiro atoms. The Morgan fingerprint density at radius 2 is 2.31 bits per heavy atom. The second-order valence-corrected chi connectivity index (χ2v) is 4.26. The van der Waals surface area contributed by atoms with E-state index in [1.54, 1.807) is 0 Å². The first-order chi connectivity index (χ1) is 7.65. The maximum Gasteiger partial charge on any atom is 0.0538 e. The monoisotopic (exact) mass is 225 g/mol. The number of aliphatic hydroxyl groups excluding tert-OH is 1. The number of hydrogen-bond acceptors (Lipinski definition) is 3. The van der Waals surface area contributed by atoms with E-state index >= 15 is 0 Å². The second kappa shape index (κ2) is 6.66. The van der Waals surface area contributed by atoms with E-state index in [1.165, 1.54) is 11.3 Å². The zero-order valence-electron chi connectivity index (χ0n) is 10.5. The molecule has 16 heavy (non-hydrogen) atoms. The largest absolute Gasteiger partial charge is 0.393 e. The van der Waals surface area contributed by atoms with Crippen molar-refractivity contribution in [2.45, 2.75) is 45.8 Å². The van der Waals surface area contributed by atoms with Crippen molar-refractivity contribution in [3.8, 4) is 0 Å². The average molecular weight is 225 g/mol. The molecule has 0 bridgehead atoms. The fourth-order valence-corrected chi connectivity index (χ4v) is 1.61. The van der Waals surface area contributed by atoms with Crippen LogP contribution >= 0.6 is 0 Å². The topological polar surface area (TPSA) is 50.1 Å². The molecule has 1 heterocycles. The van der Waals surface area contributed by atoms with Crippen LogP contribution in [0.25, 0.3) is 0 Å². The molecule has 1 aromatic rings. The van der Waals surface area contributed by atoms with Crippen LogP contribution in [0.15, 0.2) is 6.20 Å². The SMILES string of the molecule is CCC(O)CCCNCc1cnn(C)c1C. The molecular weight excluding hydrogens is 202 g/mol. The zero-order valence-corrected chi connectivity index (χ0v) is 10.5. The van der Waals surface area contributed by atoms with Gasteiger partial charge in [0.05, 0.1) is 12.3 Å². The minimum Gasteiger partial charge on any atom is -0.393 e. The van der Waals surface area contributed by atoms with Gasteiger partial charge in [-0.3, -0.25) is 4.68 Å². The van der Waals surface area contributed by atoms with Gasteiger partial charge >= 0.3 is 0 Å². The number of rotatable bonds is 7. The van der Waals surface area contributed by atoms with E-state index in [0.29, 0.717) is 0 Å². The van der Waals surface area contributed by atoms with Crippen molar-refractivity contribution in [1.29, 1.82) is 0 Å². The smallest absolute Gasteiger partial charge is 0.0538 e. The minimum absolute atomic E-state index is 0.137. The third-order valence-corrected chi connectivity index (χ3v) is 3.01. The summed E-state index contributed by atoms with van der Waals surface area (Å²) in [6.45, 7) is 5.90. The van der Waals surface area contributed by atoms with Crippen LogP contribution in [0.4, 0.5) is 0 Å². The molecule has 4 heteroatoms. The molecular formula is C12H23N3O. The van der Waals surface area contributed by atoms with Crippen molar-refractivity contribution in [3.63, 3.8) is 0 Å². The second-order valence-electron chi connectivity index (χ2n) is 4.26. The summed E-state index contributed by atoms with van der Waals surface area (Å²) in [5.74, 6) is 0. The van der Waals surface area contributed by atoms with Crippen LogP contribution in [-0.2, 0) is 13.6 Å². The van der Waals surface area contributed by atoms with Crippen LogP contribution in [0.2, 0.25) is 0 Å². The molecule has 0 aromatic carbocycles. The summed E-state index contributed by atoms with van der Waals surface area (Å²) in [6, 6.07) is 0. The van der Waals surface area contributed by atoms with E-state index in [9.17, 15) is 5.11 Å². The van der Waals surface area contributed by atoms with Crippen LogP contribution in [0.1, 0.15) is 37.4 Å². The lowest BCUT2D eigenvalue weighted by atomic mass is 10.1. The molecule has 0 saturated heterocycles. The van der Waals surface area contributed by atoms with Crippen molar-refractivity contribution in [3.05, 3.63) is 17.5 Å². The lowest BCUT2D eigenvalue weighted by Crippen LogP contribution is -2.17. The predicted octanol–water partition coefficient (Wildman–Crippen LogP) is 1.37. The van der Waals surface area contributed by atoms with Crippen LogP contribution in [-0.4, -0.2) is 27.5 Å². The van der Waals surface area contributed by atoms with E-state index < -0.39 is 0 Å². The molecule has 0 saturated carbocycles. The zero-order chi connectivity index (χ0) is 12.0. The van der Waals surface area contributed by atoms with E-state index in [1.807, 2.05) is 24.9 Å². The average Bonchev–Trinajstić information content (AvgIpc) is 2.60. The van der Waals surface area contributed by atoms with Gasteiger partial charge in [-0.15, -0.1) is 0 Å². The normalized spacial score (nSPS) is 13.0. The summed E-state index contributed by atoms with van der Waals surface area (Å²) in [6.07, 6.45) is 4.52. The van der Waals surface area contributed by atoms with Gasteiger partial charge < -0.3 is 10.4 Å². The summed E-state index contributed by atoms with van der Waals surface area (Å²) >= 11 is 0. The van der Waals surface area contributed by atoms with Crippen molar-refractivity contribution < 1.29 is 5.11 Å². The van der Waals surface area contributed by atoms with Crippen molar-refractivity contribution in [2.75, 3.05) is 6.54 Å². The Hall–Kier alpha value is -0.870. The molecule has 4 nitrogen and oxygen atoms in total. The van der Waals surface area contributed by atoms with E-state index in [-0.39, 0.29) is 6.10 Å². The number of aryl methyl sites for hydroxylation is 1. The fourth-order valence-electron chi connectivity index (χ4n) is 1.61. The van der Waals surface area contributed by atoms with E-state index in [0.717, 1.165) is 32.4 Å². The Balaban J connectivity index is 2.14. The highest BCUT2D eigenvalue weighted by Crippen LogP contribution is 2.05. The highest BCUT2D eigenvalue weighted by atomic mass is 16.3. The third-order valence-electron chi connectivity index (χ3n) is 3.01. The number of aliphatic hydroxyl groups is 1. The summed E-state index contributed by atoms with van der Waals surface area (Å²) < 4.78 is 1.89. The van der Waals surface area contributed by atoms with Gasteiger partial charge in [0.1, 0.15) is 0 Å². The summed E-state index contributed by atoms with van der Waals surface area (Å²) in [5.41, 5.74) is 2.46. The van der Waals surface area contributed by atoms with Gasteiger partial charge in [0.15, 0.2) is 0 Å². The van der Waals surface area contributed by atoms with Crippen LogP contribution in [0.3, 0.4) is 0 Å². The molecule has 1 atom stereocenters. The quantitative estimate of drug-likeness (QED) is 0.689. The molecule has 2 N–H and O–H groups in total. The van der Waals surface area contributed by atoms with Crippen molar-refractivity contribution >= 4 is 0 Å². The Labute approximate surface area is 97.7 Å². The molecule has 1 rings (SSSR count). The molecule has 92 valence electrons. The molecule has 0 amide bonds. The molecule has 0 aliphatic carbocycles. The molecule has 0 aliphatic heterocycles. The van der Waals surface area contributed by atoms with E-state index in [4.69, 9.17) is 0 Å². The first-order valence-corrected chi connectivity index (χ1v) is 6.01. The Morgan fingerprint density at radius 1 is 1.56 bits per heavy atom. The van der Waals surface area contributed by atoms with E-state index in [2.05, 4.69) is 17.3 Å². The number of nitrogens with one attached hydrogen (secondary N) is 1. The maximum atomic E-state index is 9.38. The maximum absolute atomic E-state index is 9.38. The van der Waals surface area contributed by atoms with Crippen LogP contribution < -0.4 is 5.32 Å². The summed E-state index contributed by atoms with van der Waals surface area (Å²) in [5, 5.41) is 16.9. The molecule has 0 radical (unpaired) electrons. The fraction of sp³-hybridized carbons (Fsp3) is 0.750. The van der Waals surface area contributed by atoms with Gasteiger partial charge in [0.2, 0.25) is 0 Å². The number of nitrogens with zero attached hydrogens (tertiary/aromatic N) is 2. The number of aromatic nitrogens is 2. The van der Waals surface area contributed by atoms with Gasteiger partial charge in [-0.2, -0.15) is 5.10 Å². The van der Waals surface area contributed by atoms with Gasteiger partial charge in [-0.1, -0.05) is 6.92 Å². The molecule has 1 unspecified atom stereocenters. The Kier molecular flexibility index (Phi) is 5.49. The number of hydrogen-bond donors (Lipinski definition) is 2. The van der Waals surface area contributed by atoms with Crippen molar-refractivity contribution in [1.82, 2.24) is 15.1 Å².